The molecule has 0 aliphatic heterocycles. The zero-order valence-electron chi connectivity index (χ0n) is 11.9. The van der Waals surface area contributed by atoms with Crippen LogP contribution in [-0.2, 0) is 4.79 Å². The van der Waals surface area contributed by atoms with Crippen LogP contribution in [0.15, 0.2) is 60.7 Å². The van der Waals surface area contributed by atoms with Gasteiger partial charge < -0.3 is 4.90 Å². The maximum atomic E-state index is 12.3. The number of rotatable bonds is 4. The van der Waals surface area contributed by atoms with E-state index in [0.717, 1.165) is 11.3 Å². The van der Waals surface area contributed by atoms with Crippen LogP contribution in [-0.4, -0.2) is 12.5 Å². The van der Waals surface area contributed by atoms with Crippen LogP contribution in [0.2, 0.25) is 0 Å². The maximum Gasteiger partial charge on any atom is 0.250 e. The van der Waals surface area contributed by atoms with E-state index in [2.05, 4.69) is 6.07 Å². The summed E-state index contributed by atoms with van der Waals surface area (Å²) >= 11 is 0. The Balaban J connectivity index is 2.12. The van der Waals surface area contributed by atoms with Crippen LogP contribution in [0.3, 0.4) is 0 Å². The number of likely N-dealkylation sites (N-methyl/N-ethyl adjacent to an activating group) is 1. The molecule has 3 heteroatoms. The molecule has 2 rings (SSSR count). The summed E-state index contributed by atoms with van der Waals surface area (Å²) in [4.78, 5) is 14.0. The number of carbonyl (C=O) groups is 1. The predicted molar refractivity (Wildman–Crippen MR) is 84.7 cm³/mol. The van der Waals surface area contributed by atoms with Gasteiger partial charge in [0.25, 0.3) is 5.91 Å². The summed E-state index contributed by atoms with van der Waals surface area (Å²) < 4.78 is 0. The fourth-order valence-electron chi connectivity index (χ4n) is 2.00. The monoisotopic (exact) mass is 276 g/mol. The number of amides is 1. The Hall–Kier alpha value is -2.86. The van der Waals surface area contributed by atoms with Crippen LogP contribution >= 0.6 is 0 Å². The molecule has 21 heavy (non-hydrogen) atoms. The van der Waals surface area contributed by atoms with Crippen LogP contribution in [0.4, 0.5) is 5.69 Å². The third-order valence-corrected chi connectivity index (χ3v) is 3.11. The summed E-state index contributed by atoms with van der Waals surface area (Å²) in [5.41, 5.74) is 2.39. The molecule has 0 atom stereocenters. The van der Waals surface area contributed by atoms with Crippen molar-refractivity contribution < 1.29 is 4.79 Å². The van der Waals surface area contributed by atoms with E-state index in [1.54, 1.807) is 29.2 Å². The quantitative estimate of drug-likeness (QED) is 0.800. The number of anilines is 1. The number of carbonyl (C=O) groups excluding carboxylic acids is 1. The largest absolute Gasteiger partial charge is 0.309 e. The highest BCUT2D eigenvalue weighted by atomic mass is 16.2. The summed E-state index contributed by atoms with van der Waals surface area (Å²) in [5, 5.41) is 8.75. The van der Waals surface area contributed by atoms with Gasteiger partial charge in [-0.05, 0) is 42.8 Å². The first-order valence-corrected chi connectivity index (χ1v) is 6.79. The zero-order valence-corrected chi connectivity index (χ0v) is 11.9. The van der Waals surface area contributed by atoms with Crippen LogP contribution in [0, 0.1) is 11.3 Å². The normalized spacial score (nSPS) is 10.3. The number of hydrogen-bond donors (Lipinski definition) is 0. The van der Waals surface area contributed by atoms with Gasteiger partial charge in [0.2, 0.25) is 0 Å². The lowest BCUT2D eigenvalue weighted by Crippen LogP contribution is -2.28. The first-order chi connectivity index (χ1) is 10.2. The lowest BCUT2D eigenvalue weighted by molar-refractivity contribution is -0.114. The zero-order chi connectivity index (χ0) is 15.1. The molecular formula is C18H16N2O. The van der Waals surface area contributed by atoms with Gasteiger partial charge in [-0.1, -0.05) is 30.3 Å². The Bertz CT molecular complexity index is 667. The van der Waals surface area contributed by atoms with Gasteiger partial charge in [-0.2, -0.15) is 5.26 Å². The summed E-state index contributed by atoms with van der Waals surface area (Å²) in [5.74, 6) is -0.0620. The van der Waals surface area contributed by atoms with Crippen LogP contribution < -0.4 is 4.90 Å². The Kier molecular flexibility index (Phi) is 4.89. The molecule has 0 bridgehead atoms. The Morgan fingerprint density at radius 1 is 1.14 bits per heavy atom. The van der Waals surface area contributed by atoms with E-state index in [1.165, 1.54) is 0 Å². The number of hydrogen-bond acceptors (Lipinski definition) is 2. The standard InChI is InChI=1S/C18H16N2O/c1-2-20(17-6-4-3-5-7-17)18(21)13-12-15-8-10-16(14-19)11-9-15/h3-13H,2H2,1H3/b13-12+. The van der Waals surface area contributed by atoms with Gasteiger partial charge in [0.05, 0.1) is 11.6 Å². The Morgan fingerprint density at radius 3 is 2.38 bits per heavy atom. The van der Waals surface area contributed by atoms with Gasteiger partial charge in [-0.3, -0.25) is 4.79 Å². The summed E-state index contributed by atoms with van der Waals surface area (Å²) in [6, 6.07) is 18.8. The molecule has 0 aliphatic rings. The highest BCUT2D eigenvalue weighted by Crippen LogP contribution is 2.14. The number of nitriles is 1. The molecule has 0 aliphatic carbocycles. The molecule has 0 spiro atoms. The number of benzene rings is 2. The minimum absolute atomic E-state index is 0.0620. The highest BCUT2D eigenvalue weighted by molar-refractivity contribution is 6.03. The highest BCUT2D eigenvalue weighted by Gasteiger charge is 2.09. The van der Waals surface area contributed by atoms with Crippen molar-refractivity contribution in [3.8, 4) is 6.07 Å². The molecule has 0 fully saturated rings. The van der Waals surface area contributed by atoms with E-state index in [0.29, 0.717) is 12.1 Å². The summed E-state index contributed by atoms with van der Waals surface area (Å²) in [6.45, 7) is 2.56. The molecular weight excluding hydrogens is 260 g/mol. The maximum absolute atomic E-state index is 12.3. The van der Waals surface area contributed by atoms with Crippen molar-refractivity contribution in [1.82, 2.24) is 0 Å². The third kappa shape index (κ3) is 3.80. The Morgan fingerprint density at radius 2 is 1.81 bits per heavy atom. The molecule has 0 heterocycles. The van der Waals surface area contributed by atoms with Crippen LogP contribution in [0.5, 0.6) is 0 Å². The molecule has 2 aromatic rings. The van der Waals surface area contributed by atoms with Gasteiger partial charge >= 0.3 is 0 Å². The summed E-state index contributed by atoms with van der Waals surface area (Å²) in [6.07, 6.45) is 3.31. The SMILES string of the molecule is CCN(C(=O)/C=C/c1ccc(C#N)cc1)c1ccccc1. The smallest absolute Gasteiger partial charge is 0.250 e. The molecule has 0 aromatic heterocycles. The first-order valence-electron chi connectivity index (χ1n) is 6.79. The Labute approximate surface area is 124 Å². The van der Waals surface area contributed by atoms with Gasteiger partial charge in [-0.25, -0.2) is 0 Å². The van der Waals surface area contributed by atoms with E-state index in [9.17, 15) is 4.79 Å². The third-order valence-electron chi connectivity index (χ3n) is 3.11. The number of nitrogens with zero attached hydrogens (tertiary/aromatic N) is 2. The average molecular weight is 276 g/mol. The van der Waals surface area contributed by atoms with Crippen molar-refractivity contribution in [2.24, 2.45) is 0 Å². The lowest BCUT2D eigenvalue weighted by Gasteiger charge is -2.19. The average Bonchev–Trinajstić information content (AvgIpc) is 2.55. The van der Waals surface area contributed by atoms with Crippen molar-refractivity contribution in [2.75, 3.05) is 11.4 Å². The minimum atomic E-state index is -0.0620. The second-order valence-electron chi connectivity index (χ2n) is 4.49. The first kappa shape index (κ1) is 14.5. The second-order valence-corrected chi connectivity index (χ2v) is 4.49. The van der Waals surface area contributed by atoms with Crippen molar-refractivity contribution in [2.45, 2.75) is 6.92 Å². The topological polar surface area (TPSA) is 44.1 Å². The van der Waals surface area contributed by atoms with Crippen LogP contribution in [0.1, 0.15) is 18.1 Å². The van der Waals surface area contributed by atoms with Gasteiger partial charge in [-0.15, -0.1) is 0 Å². The van der Waals surface area contributed by atoms with E-state index in [4.69, 9.17) is 5.26 Å². The van der Waals surface area contributed by atoms with Crippen molar-refractivity contribution in [3.63, 3.8) is 0 Å². The van der Waals surface area contributed by atoms with Crippen molar-refractivity contribution in [3.05, 3.63) is 71.8 Å². The van der Waals surface area contributed by atoms with Crippen LogP contribution in [0.25, 0.3) is 6.08 Å². The molecule has 0 N–H and O–H groups in total. The minimum Gasteiger partial charge on any atom is -0.309 e. The van der Waals surface area contributed by atoms with E-state index in [1.807, 2.05) is 49.4 Å². The number of para-hydroxylation sites is 1. The fraction of sp³-hybridized carbons (Fsp3) is 0.111. The molecule has 0 saturated carbocycles. The van der Waals surface area contributed by atoms with Gasteiger partial charge in [0.1, 0.15) is 0 Å². The van der Waals surface area contributed by atoms with E-state index in [-0.39, 0.29) is 5.91 Å². The predicted octanol–water partition coefficient (Wildman–Crippen LogP) is 3.62. The molecule has 0 saturated heterocycles. The van der Waals surface area contributed by atoms with Gasteiger partial charge in [0, 0.05) is 18.3 Å². The molecule has 3 nitrogen and oxygen atoms in total. The second kappa shape index (κ2) is 7.06. The molecule has 0 radical (unpaired) electrons. The fourth-order valence-corrected chi connectivity index (χ4v) is 2.00. The summed E-state index contributed by atoms with van der Waals surface area (Å²) in [7, 11) is 0. The van der Waals surface area contributed by atoms with E-state index < -0.39 is 0 Å². The molecule has 104 valence electrons. The van der Waals surface area contributed by atoms with Crippen molar-refractivity contribution >= 4 is 17.7 Å². The lowest BCUT2D eigenvalue weighted by atomic mass is 10.1. The van der Waals surface area contributed by atoms with E-state index >= 15 is 0 Å². The molecule has 2 aromatic carbocycles. The van der Waals surface area contributed by atoms with Gasteiger partial charge in [0.15, 0.2) is 0 Å². The molecule has 1 amide bonds. The molecule has 0 unspecified atom stereocenters. The van der Waals surface area contributed by atoms with Crippen molar-refractivity contribution in [1.29, 1.82) is 5.26 Å².